The van der Waals surface area contributed by atoms with Gasteiger partial charge in [0, 0.05) is 31.0 Å². The number of sulfone groups is 1. The van der Waals surface area contributed by atoms with E-state index in [1.165, 1.54) is 30.5 Å². The van der Waals surface area contributed by atoms with Crippen LogP contribution in [0.2, 0.25) is 0 Å². The van der Waals surface area contributed by atoms with Crippen molar-refractivity contribution in [2.75, 3.05) is 18.1 Å². The number of halogens is 1. The molecule has 0 saturated heterocycles. The lowest BCUT2D eigenvalue weighted by Crippen LogP contribution is -2.45. The number of carbonyl (C=O) groups is 1. The maximum Gasteiger partial charge on any atom is 0.225 e. The van der Waals surface area contributed by atoms with Gasteiger partial charge in [-0.1, -0.05) is 0 Å². The number of nitrogens with one attached hydrogen (secondary N) is 2. The molecule has 0 bridgehead atoms. The Bertz CT molecular complexity index is 612. The van der Waals surface area contributed by atoms with Crippen LogP contribution < -0.4 is 10.6 Å². The predicted octanol–water partition coefficient (Wildman–Crippen LogP) is 1.96. The van der Waals surface area contributed by atoms with Gasteiger partial charge in [0.1, 0.15) is 5.82 Å². The van der Waals surface area contributed by atoms with Gasteiger partial charge < -0.3 is 10.6 Å². The topological polar surface area (TPSA) is 75.3 Å². The lowest BCUT2D eigenvalue weighted by Gasteiger charge is -2.25. The summed E-state index contributed by atoms with van der Waals surface area (Å²) in [7, 11) is -3.18. The fourth-order valence-electron chi connectivity index (χ4n) is 1.65. The molecular weight excluding hydrogens is 307 g/mol. The number of benzene rings is 1. The van der Waals surface area contributed by atoms with E-state index in [0.29, 0.717) is 5.69 Å². The fraction of sp³-hybridized carbons (Fsp3) is 0.533. The van der Waals surface area contributed by atoms with Crippen molar-refractivity contribution in [1.29, 1.82) is 0 Å². The van der Waals surface area contributed by atoms with E-state index >= 15 is 0 Å². The summed E-state index contributed by atoms with van der Waals surface area (Å²) < 4.78 is 35.1. The minimum absolute atomic E-state index is 0.179. The molecule has 0 aliphatic carbocycles. The van der Waals surface area contributed by atoms with Crippen LogP contribution in [-0.2, 0) is 14.6 Å². The van der Waals surface area contributed by atoms with Crippen LogP contribution in [0, 0.1) is 5.82 Å². The van der Waals surface area contributed by atoms with Crippen molar-refractivity contribution in [3.8, 4) is 0 Å². The predicted molar refractivity (Wildman–Crippen MR) is 86.0 cm³/mol. The van der Waals surface area contributed by atoms with Gasteiger partial charge in [-0.2, -0.15) is 0 Å². The second-order valence-corrected chi connectivity index (χ2v) is 8.72. The van der Waals surface area contributed by atoms with Crippen LogP contribution in [-0.4, -0.2) is 37.9 Å². The molecule has 22 heavy (non-hydrogen) atoms. The monoisotopic (exact) mass is 330 g/mol. The van der Waals surface area contributed by atoms with E-state index in [4.69, 9.17) is 0 Å². The molecule has 0 saturated carbocycles. The number of carbonyl (C=O) groups excluding carboxylic acids is 1. The number of hydrogen-bond donors (Lipinski definition) is 2. The van der Waals surface area contributed by atoms with Gasteiger partial charge in [-0.05, 0) is 45.0 Å². The van der Waals surface area contributed by atoms with Gasteiger partial charge in [0.2, 0.25) is 5.91 Å². The van der Waals surface area contributed by atoms with Crippen molar-refractivity contribution in [2.24, 2.45) is 0 Å². The molecule has 7 heteroatoms. The Morgan fingerprint density at radius 1 is 1.27 bits per heavy atom. The van der Waals surface area contributed by atoms with Crippen molar-refractivity contribution in [3.63, 3.8) is 0 Å². The highest BCUT2D eigenvalue weighted by molar-refractivity contribution is 7.92. The van der Waals surface area contributed by atoms with Crippen LogP contribution in [0.15, 0.2) is 24.3 Å². The second-order valence-electron chi connectivity index (χ2n) is 6.07. The highest BCUT2D eigenvalue weighted by Crippen LogP contribution is 2.14. The van der Waals surface area contributed by atoms with E-state index in [-0.39, 0.29) is 30.7 Å². The molecular formula is C15H23FN2O3S. The summed E-state index contributed by atoms with van der Waals surface area (Å²) in [4.78, 5) is 11.9. The van der Waals surface area contributed by atoms with Gasteiger partial charge in [0.15, 0.2) is 9.84 Å². The van der Waals surface area contributed by atoms with E-state index in [1.807, 2.05) is 6.92 Å². The summed E-state index contributed by atoms with van der Waals surface area (Å²) in [6.45, 7) is 5.35. The Morgan fingerprint density at radius 3 is 2.32 bits per heavy atom. The van der Waals surface area contributed by atoms with Crippen molar-refractivity contribution in [1.82, 2.24) is 5.32 Å². The molecule has 0 heterocycles. The Kier molecular flexibility index (Phi) is 6.08. The number of anilines is 1. The van der Waals surface area contributed by atoms with Gasteiger partial charge in [-0.15, -0.1) is 0 Å². The Balaban J connectivity index is 2.46. The lowest BCUT2D eigenvalue weighted by atomic mass is 10.1. The molecule has 0 aromatic heterocycles. The smallest absolute Gasteiger partial charge is 0.225 e. The summed E-state index contributed by atoms with van der Waals surface area (Å²) in [5, 5.41) is 5.72. The first-order chi connectivity index (χ1) is 10.0. The summed E-state index contributed by atoms with van der Waals surface area (Å²) in [5.41, 5.74) is 0.523. The third-order valence-electron chi connectivity index (χ3n) is 3.50. The maximum absolute atomic E-state index is 12.8. The number of hydrogen-bond acceptors (Lipinski definition) is 4. The van der Waals surface area contributed by atoms with Gasteiger partial charge in [0.25, 0.3) is 0 Å². The van der Waals surface area contributed by atoms with Crippen LogP contribution in [0.1, 0.15) is 27.2 Å². The summed E-state index contributed by atoms with van der Waals surface area (Å²) in [6.07, 6.45) is 1.39. The zero-order valence-corrected chi connectivity index (χ0v) is 14.1. The quantitative estimate of drug-likeness (QED) is 0.801. The van der Waals surface area contributed by atoms with Crippen LogP contribution in [0.3, 0.4) is 0 Å². The Morgan fingerprint density at radius 2 is 1.82 bits per heavy atom. The van der Waals surface area contributed by atoms with E-state index in [0.717, 1.165) is 0 Å². The zero-order valence-electron chi connectivity index (χ0n) is 13.3. The van der Waals surface area contributed by atoms with Crippen molar-refractivity contribution in [2.45, 2.75) is 38.0 Å². The van der Waals surface area contributed by atoms with Crippen molar-refractivity contribution in [3.05, 3.63) is 30.1 Å². The van der Waals surface area contributed by atoms with Crippen LogP contribution in [0.4, 0.5) is 10.1 Å². The van der Waals surface area contributed by atoms with Crippen molar-refractivity contribution >= 4 is 21.4 Å². The third kappa shape index (κ3) is 5.73. The van der Waals surface area contributed by atoms with E-state index < -0.39 is 14.6 Å². The van der Waals surface area contributed by atoms with Gasteiger partial charge in [-0.3, -0.25) is 4.79 Å². The highest BCUT2D eigenvalue weighted by atomic mass is 32.2. The molecule has 1 aromatic rings. The minimum atomic E-state index is -3.18. The van der Waals surface area contributed by atoms with E-state index in [1.54, 1.807) is 13.8 Å². The average molecular weight is 330 g/mol. The Labute approximate surface area is 131 Å². The largest absolute Gasteiger partial charge is 0.326 e. The molecule has 0 radical (unpaired) electrons. The summed E-state index contributed by atoms with van der Waals surface area (Å²) >= 11 is 0. The molecule has 0 unspecified atom stereocenters. The SMILES string of the molecule is C[C@H](CC(=O)Nc1ccc(F)cc1)NCC(C)(C)S(C)(=O)=O. The molecule has 2 N–H and O–H groups in total. The van der Waals surface area contributed by atoms with E-state index in [9.17, 15) is 17.6 Å². The minimum Gasteiger partial charge on any atom is -0.326 e. The third-order valence-corrected chi connectivity index (χ3v) is 5.65. The summed E-state index contributed by atoms with van der Waals surface area (Å²) in [6, 6.07) is 5.33. The average Bonchev–Trinajstić information content (AvgIpc) is 2.38. The second kappa shape index (κ2) is 7.19. The molecule has 0 aliphatic heterocycles. The molecule has 0 aliphatic rings. The van der Waals surface area contributed by atoms with Crippen LogP contribution in [0.25, 0.3) is 0 Å². The lowest BCUT2D eigenvalue weighted by molar-refractivity contribution is -0.116. The standard InChI is InChI=1S/C15H23FN2O3S/c1-11(17-10-15(2,3)22(4,20)21)9-14(19)18-13-7-5-12(16)6-8-13/h5-8,11,17H,9-10H2,1-4H3,(H,18,19)/t11-/m1/s1. The molecule has 124 valence electrons. The number of rotatable bonds is 7. The molecule has 1 aromatic carbocycles. The molecule has 1 rings (SSSR count). The molecule has 5 nitrogen and oxygen atoms in total. The first kappa shape index (κ1) is 18.6. The molecule has 0 fully saturated rings. The fourth-order valence-corrected chi connectivity index (χ4v) is 1.99. The molecule has 1 amide bonds. The zero-order chi connectivity index (χ0) is 17.0. The maximum atomic E-state index is 12.8. The highest BCUT2D eigenvalue weighted by Gasteiger charge is 2.30. The number of amides is 1. The normalized spacial score (nSPS) is 13.7. The van der Waals surface area contributed by atoms with Crippen LogP contribution in [0.5, 0.6) is 0 Å². The Hall–Kier alpha value is -1.47. The van der Waals surface area contributed by atoms with E-state index in [2.05, 4.69) is 10.6 Å². The van der Waals surface area contributed by atoms with Gasteiger partial charge in [-0.25, -0.2) is 12.8 Å². The molecule has 0 spiro atoms. The first-order valence-corrected chi connectivity index (χ1v) is 8.89. The van der Waals surface area contributed by atoms with Gasteiger partial charge >= 0.3 is 0 Å². The summed E-state index contributed by atoms with van der Waals surface area (Å²) in [5.74, 6) is -0.584. The van der Waals surface area contributed by atoms with Crippen LogP contribution >= 0.6 is 0 Å². The van der Waals surface area contributed by atoms with Crippen molar-refractivity contribution < 1.29 is 17.6 Å². The molecule has 1 atom stereocenters. The first-order valence-electron chi connectivity index (χ1n) is 7.00. The van der Waals surface area contributed by atoms with Gasteiger partial charge in [0.05, 0.1) is 4.75 Å².